The van der Waals surface area contributed by atoms with Gasteiger partial charge in [-0.3, -0.25) is 0 Å². The highest BCUT2D eigenvalue weighted by molar-refractivity contribution is 5.45. The van der Waals surface area contributed by atoms with Crippen molar-refractivity contribution in [3.05, 3.63) is 23.8 Å². The van der Waals surface area contributed by atoms with Crippen LogP contribution in [0.3, 0.4) is 0 Å². The maximum atomic E-state index is 9.87. The van der Waals surface area contributed by atoms with Crippen LogP contribution in [0.4, 0.5) is 0 Å². The van der Waals surface area contributed by atoms with Crippen molar-refractivity contribution in [3.8, 4) is 11.5 Å². The zero-order valence-electron chi connectivity index (χ0n) is 11.2. The molecule has 18 heavy (non-hydrogen) atoms. The molecule has 102 valence electrons. The van der Waals surface area contributed by atoms with Gasteiger partial charge in [-0.1, -0.05) is 25.5 Å². The van der Waals surface area contributed by atoms with Crippen LogP contribution in [-0.4, -0.2) is 32.0 Å². The highest BCUT2D eigenvalue weighted by Gasteiger charge is 2.05. The summed E-state index contributed by atoms with van der Waals surface area (Å²) in [7, 11) is 1.55. The van der Waals surface area contributed by atoms with Crippen LogP contribution in [0.5, 0.6) is 11.5 Å². The zero-order valence-corrected chi connectivity index (χ0v) is 11.2. The minimum Gasteiger partial charge on any atom is -0.504 e. The second-order valence-electron chi connectivity index (χ2n) is 4.11. The third-order valence-electron chi connectivity index (χ3n) is 2.68. The van der Waals surface area contributed by atoms with Gasteiger partial charge < -0.3 is 19.9 Å². The number of methoxy groups -OCH3 is 1. The molecule has 0 atom stereocenters. The van der Waals surface area contributed by atoms with E-state index in [2.05, 4.69) is 12.2 Å². The average molecular weight is 253 g/mol. The van der Waals surface area contributed by atoms with E-state index in [-0.39, 0.29) is 5.75 Å². The van der Waals surface area contributed by atoms with Crippen LogP contribution in [0.25, 0.3) is 0 Å². The molecule has 0 aliphatic rings. The summed E-state index contributed by atoms with van der Waals surface area (Å²) in [5.41, 5.74) is 0.836. The number of unbranched alkanes of at least 4 members (excludes halogenated alkanes) is 1. The number of para-hydroxylation sites is 1. The van der Waals surface area contributed by atoms with Crippen molar-refractivity contribution >= 4 is 0 Å². The van der Waals surface area contributed by atoms with Crippen LogP contribution in [0.2, 0.25) is 0 Å². The zero-order chi connectivity index (χ0) is 13.2. The average Bonchev–Trinajstić information content (AvgIpc) is 2.39. The lowest BCUT2D eigenvalue weighted by Crippen LogP contribution is -2.19. The maximum Gasteiger partial charge on any atom is 0.162 e. The van der Waals surface area contributed by atoms with Gasteiger partial charge in [0.05, 0.1) is 13.7 Å². The molecule has 1 aromatic carbocycles. The standard InChI is InChI=1S/C14H23NO3/c1-3-4-9-18-10-8-15-11-12-6-5-7-13(17-2)14(12)16/h5-7,15-16H,3-4,8-11H2,1-2H3. The van der Waals surface area contributed by atoms with Gasteiger partial charge in [0, 0.05) is 25.3 Å². The first kappa shape index (κ1) is 14.8. The van der Waals surface area contributed by atoms with Crippen molar-refractivity contribution in [2.24, 2.45) is 0 Å². The molecule has 0 spiro atoms. The van der Waals surface area contributed by atoms with Gasteiger partial charge in [-0.25, -0.2) is 0 Å². The maximum absolute atomic E-state index is 9.87. The van der Waals surface area contributed by atoms with Gasteiger partial charge >= 0.3 is 0 Å². The normalized spacial score (nSPS) is 10.6. The van der Waals surface area contributed by atoms with Gasteiger partial charge in [0.25, 0.3) is 0 Å². The Morgan fingerprint density at radius 2 is 2.11 bits per heavy atom. The molecular formula is C14H23NO3. The first-order valence-corrected chi connectivity index (χ1v) is 6.43. The lowest BCUT2D eigenvalue weighted by Gasteiger charge is -2.10. The number of nitrogens with one attached hydrogen (secondary N) is 1. The van der Waals surface area contributed by atoms with Crippen LogP contribution in [0.1, 0.15) is 25.3 Å². The fraction of sp³-hybridized carbons (Fsp3) is 0.571. The number of rotatable bonds is 9. The molecule has 0 aliphatic carbocycles. The highest BCUT2D eigenvalue weighted by Crippen LogP contribution is 2.28. The quantitative estimate of drug-likeness (QED) is 0.663. The van der Waals surface area contributed by atoms with Gasteiger partial charge in [0.2, 0.25) is 0 Å². The predicted molar refractivity (Wildman–Crippen MR) is 72.1 cm³/mol. The number of hydrogen-bond donors (Lipinski definition) is 2. The lowest BCUT2D eigenvalue weighted by atomic mass is 10.2. The van der Waals surface area contributed by atoms with Crippen LogP contribution in [-0.2, 0) is 11.3 Å². The number of ether oxygens (including phenoxy) is 2. The van der Waals surface area contributed by atoms with Crippen LogP contribution in [0.15, 0.2) is 18.2 Å². The Morgan fingerprint density at radius 1 is 1.28 bits per heavy atom. The molecule has 4 nitrogen and oxygen atoms in total. The SMILES string of the molecule is CCCCOCCNCc1cccc(OC)c1O. The van der Waals surface area contributed by atoms with E-state index < -0.39 is 0 Å². The molecule has 0 unspecified atom stereocenters. The third kappa shape index (κ3) is 4.94. The molecule has 0 saturated heterocycles. The van der Waals surface area contributed by atoms with Gasteiger partial charge in [0.1, 0.15) is 0 Å². The van der Waals surface area contributed by atoms with E-state index in [0.717, 1.165) is 31.6 Å². The number of benzene rings is 1. The van der Waals surface area contributed by atoms with E-state index in [9.17, 15) is 5.11 Å². The Hall–Kier alpha value is -1.26. The second kappa shape index (κ2) is 8.78. The molecule has 0 radical (unpaired) electrons. The van der Waals surface area contributed by atoms with E-state index in [1.165, 1.54) is 0 Å². The summed E-state index contributed by atoms with van der Waals surface area (Å²) < 4.78 is 10.5. The molecule has 0 amide bonds. The molecule has 0 bridgehead atoms. The minimum atomic E-state index is 0.208. The van der Waals surface area contributed by atoms with E-state index >= 15 is 0 Å². The molecule has 0 aromatic heterocycles. The van der Waals surface area contributed by atoms with Gasteiger partial charge in [0.15, 0.2) is 11.5 Å². The number of phenols is 1. The van der Waals surface area contributed by atoms with Crippen LogP contribution in [0, 0.1) is 0 Å². The molecule has 0 saturated carbocycles. The van der Waals surface area contributed by atoms with E-state index in [4.69, 9.17) is 9.47 Å². The van der Waals surface area contributed by atoms with E-state index in [0.29, 0.717) is 18.9 Å². The third-order valence-corrected chi connectivity index (χ3v) is 2.68. The number of aromatic hydroxyl groups is 1. The van der Waals surface area contributed by atoms with E-state index in [1.54, 1.807) is 13.2 Å². The van der Waals surface area contributed by atoms with Crippen molar-refractivity contribution < 1.29 is 14.6 Å². The lowest BCUT2D eigenvalue weighted by molar-refractivity contribution is 0.133. The highest BCUT2D eigenvalue weighted by atomic mass is 16.5. The van der Waals surface area contributed by atoms with E-state index in [1.807, 2.05) is 12.1 Å². The molecule has 2 N–H and O–H groups in total. The summed E-state index contributed by atoms with van der Waals surface area (Å²) in [4.78, 5) is 0. The monoisotopic (exact) mass is 253 g/mol. The summed E-state index contributed by atoms with van der Waals surface area (Å²) in [6.07, 6.45) is 2.27. The smallest absolute Gasteiger partial charge is 0.162 e. The first-order chi connectivity index (χ1) is 8.79. The Bertz CT molecular complexity index is 342. The van der Waals surface area contributed by atoms with Crippen molar-refractivity contribution in [2.45, 2.75) is 26.3 Å². The Labute approximate surface area is 109 Å². The summed E-state index contributed by atoms with van der Waals surface area (Å²) in [5.74, 6) is 0.716. The second-order valence-corrected chi connectivity index (χ2v) is 4.11. The van der Waals surface area contributed by atoms with Crippen molar-refractivity contribution in [1.29, 1.82) is 0 Å². The molecule has 1 rings (SSSR count). The minimum absolute atomic E-state index is 0.208. The van der Waals surface area contributed by atoms with Crippen LogP contribution < -0.4 is 10.1 Å². The number of hydrogen-bond acceptors (Lipinski definition) is 4. The number of phenolic OH excluding ortho intramolecular Hbond substituents is 1. The molecule has 0 fully saturated rings. The van der Waals surface area contributed by atoms with Crippen LogP contribution >= 0.6 is 0 Å². The molecule has 4 heteroatoms. The molecular weight excluding hydrogens is 230 g/mol. The summed E-state index contributed by atoms with van der Waals surface area (Å²) in [6.45, 7) is 5.06. The first-order valence-electron chi connectivity index (χ1n) is 6.43. The topological polar surface area (TPSA) is 50.7 Å². The Kier molecular flexibility index (Phi) is 7.22. The predicted octanol–water partition coefficient (Wildman–Crippen LogP) is 2.31. The molecule has 0 aliphatic heterocycles. The van der Waals surface area contributed by atoms with Gasteiger partial charge in [-0.05, 0) is 12.5 Å². The van der Waals surface area contributed by atoms with Crippen molar-refractivity contribution in [3.63, 3.8) is 0 Å². The fourth-order valence-corrected chi connectivity index (χ4v) is 1.59. The summed E-state index contributed by atoms with van der Waals surface area (Å²) in [6, 6.07) is 5.49. The Balaban J connectivity index is 2.23. The van der Waals surface area contributed by atoms with Gasteiger partial charge in [-0.2, -0.15) is 0 Å². The van der Waals surface area contributed by atoms with Crippen molar-refractivity contribution in [1.82, 2.24) is 5.32 Å². The Morgan fingerprint density at radius 3 is 2.83 bits per heavy atom. The largest absolute Gasteiger partial charge is 0.504 e. The molecule has 0 heterocycles. The molecule has 1 aromatic rings. The van der Waals surface area contributed by atoms with Gasteiger partial charge in [-0.15, -0.1) is 0 Å². The van der Waals surface area contributed by atoms with Crippen molar-refractivity contribution in [2.75, 3.05) is 26.9 Å². The fourth-order valence-electron chi connectivity index (χ4n) is 1.59. The summed E-state index contributed by atoms with van der Waals surface area (Å²) in [5, 5.41) is 13.1. The summed E-state index contributed by atoms with van der Waals surface area (Å²) >= 11 is 0.